The van der Waals surface area contributed by atoms with Crippen LogP contribution < -0.4 is 11.1 Å². The van der Waals surface area contributed by atoms with Gasteiger partial charge in [0.25, 0.3) is 0 Å². The van der Waals surface area contributed by atoms with Crippen molar-refractivity contribution in [3.05, 3.63) is 0 Å². The highest BCUT2D eigenvalue weighted by Crippen LogP contribution is 2.46. The number of hydrogen-bond donors (Lipinski definition) is 2. The highest BCUT2D eigenvalue weighted by molar-refractivity contribution is 5.78. The first kappa shape index (κ1) is 11.1. The standard InChI is InChI=1S/C15H25N3/c16-15(17-13-7-9-1-3-11(13)5-9)18-14-8-10-2-4-12(14)6-10/h9-14H,1-8H2,(H3,16,17,18)/t9-,10-,11+,12+,13+,14+/m1/s1. The van der Waals surface area contributed by atoms with E-state index in [4.69, 9.17) is 10.7 Å². The molecule has 3 heteroatoms. The van der Waals surface area contributed by atoms with E-state index in [9.17, 15) is 0 Å². The fourth-order valence-corrected chi connectivity index (χ4v) is 5.20. The number of aliphatic imine (C=N–C) groups is 1. The Bertz CT molecular complexity index is 365. The van der Waals surface area contributed by atoms with Crippen molar-refractivity contribution >= 4 is 5.96 Å². The lowest BCUT2D eigenvalue weighted by atomic mass is 9.95. The lowest BCUT2D eigenvalue weighted by molar-refractivity contribution is 0.384. The van der Waals surface area contributed by atoms with Crippen molar-refractivity contribution in [2.45, 2.75) is 63.5 Å². The summed E-state index contributed by atoms with van der Waals surface area (Å²) in [5.41, 5.74) is 6.14. The molecule has 0 saturated heterocycles. The van der Waals surface area contributed by atoms with Gasteiger partial charge in [0.2, 0.25) is 0 Å². The van der Waals surface area contributed by atoms with Gasteiger partial charge < -0.3 is 11.1 Å². The van der Waals surface area contributed by atoms with Gasteiger partial charge in [-0.05, 0) is 62.2 Å². The lowest BCUT2D eigenvalue weighted by Gasteiger charge is -2.25. The Morgan fingerprint density at radius 3 is 2.17 bits per heavy atom. The molecule has 0 unspecified atom stereocenters. The van der Waals surface area contributed by atoms with E-state index in [1.54, 1.807) is 0 Å². The van der Waals surface area contributed by atoms with Crippen LogP contribution in [0.5, 0.6) is 0 Å². The maximum atomic E-state index is 6.14. The zero-order chi connectivity index (χ0) is 12.1. The summed E-state index contributed by atoms with van der Waals surface area (Å²) in [5.74, 6) is 4.39. The van der Waals surface area contributed by atoms with E-state index in [0.717, 1.165) is 29.6 Å². The van der Waals surface area contributed by atoms with E-state index in [-0.39, 0.29) is 0 Å². The maximum absolute atomic E-state index is 6.14. The molecule has 100 valence electrons. The number of nitrogens with zero attached hydrogens (tertiary/aromatic N) is 1. The van der Waals surface area contributed by atoms with Gasteiger partial charge in [0.15, 0.2) is 5.96 Å². The summed E-state index contributed by atoms with van der Waals surface area (Å²) >= 11 is 0. The third kappa shape index (κ3) is 1.83. The molecule has 0 aliphatic heterocycles. The number of fused-ring (bicyclic) bond motifs is 4. The first-order chi connectivity index (χ1) is 8.78. The molecule has 0 aromatic carbocycles. The van der Waals surface area contributed by atoms with Gasteiger partial charge in [-0.15, -0.1) is 0 Å². The largest absolute Gasteiger partial charge is 0.370 e. The van der Waals surface area contributed by atoms with Crippen LogP contribution in [0.4, 0.5) is 0 Å². The molecule has 4 saturated carbocycles. The minimum Gasteiger partial charge on any atom is -0.370 e. The molecular weight excluding hydrogens is 222 g/mol. The molecule has 0 amide bonds. The van der Waals surface area contributed by atoms with Gasteiger partial charge in [0, 0.05) is 6.04 Å². The molecule has 0 aromatic heterocycles. The van der Waals surface area contributed by atoms with E-state index in [2.05, 4.69) is 5.32 Å². The molecular formula is C15H25N3. The summed E-state index contributed by atoms with van der Waals surface area (Å²) in [7, 11) is 0. The summed E-state index contributed by atoms with van der Waals surface area (Å²) in [6, 6.07) is 1.17. The van der Waals surface area contributed by atoms with Crippen molar-refractivity contribution in [2.75, 3.05) is 0 Å². The van der Waals surface area contributed by atoms with E-state index in [1.165, 1.54) is 51.4 Å². The molecule has 4 aliphatic carbocycles. The van der Waals surface area contributed by atoms with Gasteiger partial charge >= 0.3 is 0 Å². The number of guanidine groups is 1. The Hall–Kier alpha value is -0.730. The number of rotatable bonds is 2. The van der Waals surface area contributed by atoms with Crippen molar-refractivity contribution in [1.29, 1.82) is 0 Å². The van der Waals surface area contributed by atoms with Crippen LogP contribution in [0.1, 0.15) is 51.4 Å². The lowest BCUT2D eigenvalue weighted by Crippen LogP contribution is -2.43. The molecule has 6 atom stereocenters. The minimum atomic E-state index is 0.537. The fraction of sp³-hybridized carbons (Fsp3) is 0.933. The maximum Gasteiger partial charge on any atom is 0.189 e. The zero-order valence-electron chi connectivity index (χ0n) is 11.1. The zero-order valence-corrected chi connectivity index (χ0v) is 11.1. The topological polar surface area (TPSA) is 50.4 Å². The van der Waals surface area contributed by atoms with Gasteiger partial charge in [-0.1, -0.05) is 12.8 Å². The third-order valence-electron chi connectivity index (χ3n) is 6.08. The second kappa shape index (κ2) is 4.14. The van der Waals surface area contributed by atoms with Crippen LogP contribution >= 0.6 is 0 Å². The van der Waals surface area contributed by atoms with E-state index in [1.807, 2.05) is 0 Å². The number of nitrogens with one attached hydrogen (secondary N) is 1. The Morgan fingerprint density at radius 1 is 0.889 bits per heavy atom. The highest BCUT2D eigenvalue weighted by Gasteiger charge is 2.41. The quantitative estimate of drug-likeness (QED) is 0.581. The Kier molecular flexibility index (Phi) is 2.56. The van der Waals surface area contributed by atoms with Crippen LogP contribution in [0.25, 0.3) is 0 Å². The minimum absolute atomic E-state index is 0.537. The van der Waals surface area contributed by atoms with E-state index >= 15 is 0 Å². The van der Waals surface area contributed by atoms with Gasteiger partial charge in [0.1, 0.15) is 0 Å². The van der Waals surface area contributed by atoms with Crippen LogP contribution in [-0.2, 0) is 0 Å². The molecule has 0 radical (unpaired) electrons. The van der Waals surface area contributed by atoms with Crippen LogP contribution in [0, 0.1) is 23.7 Å². The molecule has 4 aliphatic rings. The Labute approximate surface area is 110 Å². The highest BCUT2D eigenvalue weighted by atomic mass is 15.1. The number of nitrogens with two attached hydrogens (primary N) is 1. The van der Waals surface area contributed by atoms with Gasteiger partial charge in [-0.3, -0.25) is 0 Å². The second-order valence-electron chi connectivity index (χ2n) is 7.18. The normalized spacial score (nSPS) is 50.1. The van der Waals surface area contributed by atoms with Gasteiger partial charge in [-0.2, -0.15) is 0 Å². The Morgan fingerprint density at radius 2 is 1.61 bits per heavy atom. The van der Waals surface area contributed by atoms with E-state index in [0.29, 0.717) is 12.1 Å². The second-order valence-corrected chi connectivity index (χ2v) is 7.18. The molecule has 3 nitrogen and oxygen atoms in total. The fourth-order valence-electron chi connectivity index (χ4n) is 5.20. The van der Waals surface area contributed by atoms with E-state index < -0.39 is 0 Å². The monoisotopic (exact) mass is 247 g/mol. The van der Waals surface area contributed by atoms with Gasteiger partial charge in [0.05, 0.1) is 6.04 Å². The first-order valence-corrected chi connectivity index (χ1v) is 7.87. The first-order valence-electron chi connectivity index (χ1n) is 7.87. The Balaban J connectivity index is 1.37. The number of hydrogen-bond acceptors (Lipinski definition) is 1. The molecule has 0 spiro atoms. The molecule has 4 rings (SSSR count). The van der Waals surface area contributed by atoms with Crippen LogP contribution in [-0.4, -0.2) is 18.0 Å². The summed E-state index contributed by atoms with van der Waals surface area (Å²) in [4.78, 5) is 4.79. The molecule has 3 N–H and O–H groups in total. The SMILES string of the molecule is NC(=N[C@H]1C[C@@H]2CC[C@H]1C2)N[C@H]1C[C@@H]2CC[C@H]1C2. The molecule has 0 heterocycles. The van der Waals surface area contributed by atoms with Crippen molar-refractivity contribution in [1.82, 2.24) is 5.32 Å². The summed E-state index contributed by atoms with van der Waals surface area (Å²) in [6.07, 6.45) is 11.2. The summed E-state index contributed by atoms with van der Waals surface area (Å²) < 4.78 is 0. The predicted molar refractivity (Wildman–Crippen MR) is 73.2 cm³/mol. The predicted octanol–water partition coefficient (Wildman–Crippen LogP) is 2.27. The van der Waals surface area contributed by atoms with Gasteiger partial charge in [-0.25, -0.2) is 4.99 Å². The summed E-state index contributed by atoms with van der Waals surface area (Å²) in [6.45, 7) is 0. The van der Waals surface area contributed by atoms with Crippen molar-refractivity contribution in [2.24, 2.45) is 34.4 Å². The van der Waals surface area contributed by atoms with Crippen LogP contribution in [0.15, 0.2) is 4.99 Å². The van der Waals surface area contributed by atoms with Crippen LogP contribution in [0.3, 0.4) is 0 Å². The average molecular weight is 247 g/mol. The molecule has 4 fully saturated rings. The molecule has 0 aromatic rings. The molecule has 4 bridgehead atoms. The average Bonchev–Trinajstić information content (AvgIpc) is 3.08. The summed E-state index contributed by atoms with van der Waals surface area (Å²) in [5, 5.41) is 3.52. The van der Waals surface area contributed by atoms with Crippen molar-refractivity contribution in [3.8, 4) is 0 Å². The smallest absolute Gasteiger partial charge is 0.189 e. The molecule has 18 heavy (non-hydrogen) atoms. The van der Waals surface area contributed by atoms with Crippen molar-refractivity contribution in [3.63, 3.8) is 0 Å². The van der Waals surface area contributed by atoms with Crippen molar-refractivity contribution < 1.29 is 0 Å². The third-order valence-corrected chi connectivity index (χ3v) is 6.08. The van der Waals surface area contributed by atoms with Crippen LogP contribution in [0.2, 0.25) is 0 Å².